The average molecular weight is 292 g/mol. The number of carbonyl (C=O) groups is 1. The van der Waals surface area contributed by atoms with Gasteiger partial charge in [0.25, 0.3) is 5.91 Å². The van der Waals surface area contributed by atoms with Crippen molar-refractivity contribution in [3.05, 3.63) is 17.5 Å². The SMILES string of the molecule is CC(C)c1cc(C(=O)N2CC[C@]3(O)CCCC[C@H]3C2)no1. The number of aliphatic hydroxyl groups is 1. The van der Waals surface area contributed by atoms with Gasteiger partial charge in [-0.15, -0.1) is 0 Å². The number of hydrogen-bond acceptors (Lipinski definition) is 4. The van der Waals surface area contributed by atoms with Gasteiger partial charge in [-0.1, -0.05) is 31.8 Å². The molecule has 1 saturated carbocycles. The van der Waals surface area contributed by atoms with E-state index in [1.54, 1.807) is 6.07 Å². The van der Waals surface area contributed by atoms with Crippen molar-refractivity contribution in [2.45, 2.75) is 57.5 Å². The molecule has 2 atom stereocenters. The summed E-state index contributed by atoms with van der Waals surface area (Å²) >= 11 is 0. The summed E-state index contributed by atoms with van der Waals surface area (Å²) in [6.45, 7) is 5.27. The smallest absolute Gasteiger partial charge is 0.276 e. The van der Waals surface area contributed by atoms with Gasteiger partial charge in [0.05, 0.1) is 5.60 Å². The van der Waals surface area contributed by atoms with Gasteiger partial charge in [-0.05, 0) is 19.3 Å². The van der Waals surface area contributed by atoms with Crippen molar-refractivity contribution in [1.82, 2.24) is 10.1 Å². The van der Waals surface area contributed by atoms with Crippen LogP contribution in [0.15, 0.2) is 10.6 Å². The number of likely N-dealkylation sites (tertiary alicyclic amines) is 1. The van der Waals surface area contributed by atoms with Gasteiger partial charge in [0, 0.05) is 31.0 Å². The molecule has 1 N–H and O–H groups in total. The lowest BCUT2D eigenvalue weighted by Gasteiger charge is -2.47. The van der Waals surface area contributed by atoms with Crippen LogP contribution in [0.3, 0.4) is 0 Å². The van der Waals surface area contributed by atoms with Crippen molar-refractivity contribution < 1.29 is 14.4 Å². The number of rotatable bonds is 2. The minimum atomic E-state index is -0.554. The topological polar surface area (TPSA) is 66.6 Å². The van der Waals surface area contributed by atoms with Crippen molar-refractivity contribution in [2.75, 3.05) is 13.1 Å². The number of nitrogens with zero attached hydrogens (tertiary/aromatic N) is 2. The standard InChI is InChI=1S/C16H24N2O3/c1-11(2)14-9-13(17-21-14)15(19)18-8-7-16(20)6-4-3-5-12(16)10-18/h9,11-12,20H,3-8,10H2,1-2H3/t12-,16+/m0/s1. The number of aromatic nitrogens is 1. The zero-order valence-electron chi connectivity index (χ0n) is 12.8. The van der Waals surface area contributed by atoms with E-state index in [0.29, 0.717) is 25.2 Å². The lowest BCUT2D eigenvalue weighted by atomic mass is 9.71. The minimum absolute atomic E-state index is 0.0710. The quantitative estimate of drug-likeness (QED) is 0.909. The fraction of sp³-hybridized carbons (Fsp3) is 0.750. The van der Waals surface area contributed by atoms with Gasteiger partial charge in [0.2, 0.25) is 0 Å². The summed E-state index contributed by atoms with van der Waals surface area (Å²) in [7, 11) is 0. The Morgan fingerprint density at radius 2 is 2.29 bits per heavy atom. The summed E-state index contributed by atoms with van der Waals surface area (Å²) < 4.78 is 5.22. The van der Waals surface area contributed by atoms with Crippen LogP contribution < -0.4 is 0 Å². The molecule has 0 spiro atoms. The molecule has 2 aliphatic rings. The summed E-state index contributed by atoms with van der Waals surface area (Å²) in [5.41, 5.74) is -0.165. The van der Waals surface area contributed by atoms with E-state index >= 15 is 0 Å². The van der Waals surface area contributed by atoms with Crippen LogP contribution in [0, 0.1) is 5.92 Å². The Labute approximate surface area is 125 Å². The molecular formula is C16H24N2O3. The van der Waals surface area contributed by atoms with Crippen molar-refractivity contribution in [2.24, 2.45) is 5.92 Å². The first-order valence-electron chi connectivity index (χ1n) is 7.98. The predicted octanol–water partition coefficient (Wildman–Crippen LogP) is 2.57. The van der Waals surface area contributed by atoms with Crippen molar-refractivity contribution in [3.8, 4) is 0 Å². The Hall–Kier alpha value is -1.36. The van der Waals surface area contributed by atoms with E-state index in [1.807, 2.05) is 18.7 Å². The van der Waals surface area contributed by atoms with Crippen LogP contribution in [0.1, 0.15) is 68.1 Å². The summed E-state index contributed by atoms with van der Waals surface area (Å²) in [6, 6.07) is 1.74. The van der Waals surface area contributed by atoms with Crippen LogP contribution >= 0.6 is 0 Å². The monoisotopic (exact) mass is 292 g/mol. The van der Waals surface area contributed by atoms with E-state index in [4.69, 9.17) is 4.52 Å². The third-order valence-corrected chi connectivity index (χ3v) is 5.03. The molecular weight excluding hydrogens is 268 g/mol. The zero-order chi connectivity index (χ0) is 15.0. The van der Waals surface area contributed by atoms with Crippen LogP contribution in [0.5, 0.6) is 0 Å². The maximum atomic E-state index is 12.5. The van der Waals surface area contributed by atoms with E-state index in [2.05, 4.69) is 5.16 Å². The molecule has 2 heterocycles. The Morgan fingerprint density at radius 1 is 1.48 bits per heavy atom. The zero-order valence-corrected chi connectivity index (χ0v) is 12.8. The molecule has 0 aromatic carbocycles. The van der Waals surface area contributed by atoms with Gasteiger partial charge in [-0.3, -0.25) is 4.79 Å². The van der Waals surface area contributed by atoms with E-state index in [9.17, 15) is 9.90 Å². The van der Waals surface area contributed by atoms with Crippen LogP contribution in [0.25, 0.3) is 0 Å². The first-order chi connectivity index (χ1) is 9.99. The highest BCUT2D eigenvalue weighted by atomic mass is 16.5. The molecule has 5 heteroatoms. The Kier molecular flexibility index (Phi) is 3.78. The molecule has 1 amide bonds. The molecule has 0 radical (unpaired) electrons. The van der Waals surface area contributed by atoms with E-state index in [1.165, 1.54) is 0 Å². The van der Waals surface area contributed by atoms with Gasteiger partial charge in [0.1, 0.15) is 5.76 Å². The van der Waals surface area contributed by atoms with Crippen LogP contribution in [0.2, 0.25) is 0 Å². The highest BCUT2D eigenvalue weighted by molar-refractivity contribution is 5.92. The Morgan fingerprint density at radius 3 is 3.00 bits per heavy atom. The fourth-order valence-corrected chi connectivity index (χ4v) is 3.58. The molecule has 1 aromatic rings. The van der Waals surface area contributed by atoms with E-state index in [-0.39, 0.29) is 17.7 Å². The largest absolute Gasteiger partial charge is 0.389 e. The van der Waals surface area contributed by atoms with Crippen molar-refractivity contribution in [1.29, 1.82) is 0 Å². The highest BCUT2D eigenvalue weighted by Gasteiger charge is 2.44. The third kappa shape index (κ3) is 2.71. The van der Waals surface area contributed by atoms with Crippen LogP contribution in [-0.2, 0) is 0 Å². The second-order valence-corrected chi connectivity index (χ2v) is 6.82. The Balaban J connectivity index is 1.71. The molecule has 1 aliphatic carbocycles. The van der Waals surface area contributed by atoms with E-state index in [0.717, 1.165) is 31.4 Å². The fourth-order valence-electron chi connectivity index (χ4n) is 3.58. The van der Waals surface area contributed by atoms with Gasteiger partial charge in [-0.2, -0.15) is 0 Å². The van der Waals surface area contributed by atoms with Crippen LogP contribution in [0.4, 0.5) is 0 Å². The lowest BCUT2D eigenvalue weighted by molar-refractivity contribution is -0.0887. The minimum Gasteiger partial charge on any atom is -0.389 e. The highest BCUT2D eigenvalue weighted by Crippen LogP contribution is 2.40. The molecule has 21 heavy (non-hydrogen) atoms. The van der Waals surface area contributed by atoms with Crippen molar-refractivity contribution in [3.63, 3.8) is 0 Å². The van der Waals surface area contributed by atoms with Gasteiger partial charge < -0.3 is 14.5 Å². The van der Waals surface area contributed by atoms with E-state index < -0.39 is 5.60 Å². The first-order valence-corrected chi connectivity index (χ1v) is 7.98. The molecule has 0 bridgehead atoms. The maximum absolute atomic E-state index is 12.5. The summed E-state index contributed by atoms with van der Waals surface area (Å²) in [5, 5.41) is 14.6. The molecule has 1 aliphatic heterocycles. The number of piperidine rings is 1. The average Bonchev–Trinajstić information content (AvgIpc) is 2.95. The van der Waals surface area contributed by atoms with Gasteiger partial charge >= 0.3 is 0 Å². The summed E-state index contributed by atoms with van der Waals surface area (Å²) in [5.74, 6) is 1.10. The summed E-state index contributed by atoms with van der Waals surface area (Å²) in [6.07, 6.45) is 4.81. The second-order valence-electron chi connectivity index (χ2n) is 6.82. The number of fused-ring (bicyclic) bond motifs is 1. The molecule has 5 nitrogen and oxygen atoms in total. The lowest BCUT2D eigenvalue weighted by Crippen LogP contribution is -2.54. The number of hydrogen-bond donors (Lipinski definition) is 1. The van der Waals surface area contributed by atoms with Crippen molar-refractivity contribution >= 4 is 5.91 Å². The normalized spacial score (nSPS) is 29.5. The number of carbonyl (C=O) groups excluding carboxylic acids is 1. The second kappa shape index (κ2) is 5.44. The van der Waals surface area contributed by atoms with Gasteiger partial charge in [0.15, 0.2) is 5.69 Å². The molecule has 1 saturated heterocycles. The predicted molar refractivity (Wildman–Crippen MR) is 78.0 cm³/mol. The molecule has 2 fully saturated rings. The molecule has 116 valence electrons. The third-order valence-electron chi connectivity index (χ3n) is 5.03. The summed E-state index contributed by atoms with van der Waals surface area (Å²) in [4.78, 5) is 14.4. The molecule has 1 aromatic heterocycles. The maximum Gasteiger partial charge on any atom is 0.276 e. The number of amides is 1. The molecule has 3 rings (SSSR count). The van der Waals surface area contributed by atoms with Gasteiger partial charge in [-0.25, -0.2) is 0 Å². The molecule has 0 unspecified atom stereocenters. The first kappa shape index (κ1) is 14.6. The Bertz CT molecular complexity index is 525. The van der Waals surface area contributed by atoms with Crippen LogP contribution in [-0.4, -0.2) is 39.8 Å².